The molecule has 20 heavy (non-hydrogen) atoms. The van der Waals surface area contributed by atoms with Crippen LogP contribution in [-0.2, 0) is 11.3 Å². The molecule has 0 fully saturated rings. The number of benzene rings is 2. The molecule has 0 unspecified atom stereocenters. The maximum Gasteiger partial charge on any atom is 0.411 e. The van der Waals surface area contributed by atoms with Gasteiger partial charge < -0.3 is 4.74 Å². The fourth-order valence-electron chi connectivity index (χ4n) is 1.63. The van der Waals surface area contributed by atoms with Crippen LogP contribution in [0.5, 0.6) is 0 Å². The zero-order valence-corrected chi connectivity index (χ0v) is 12.4. The van der Waals surface area contributed by atoms with E-state index in [9.17, 15) is 4.79 Å². The van der Waals surface area contributed by atoms with Crippen LogP contribution >= 0.6 is 15.9 Å². The van der Waals surface area contributed by atoms with Crippen LogP contribution in [-0.4, -0.2) is 6.09 Å². The minimum absolute atomic E-state index is 0.242. The average Bonchev–Trinajstić information content (AvgIpc) is 2.48. The van der Waals surface area contributed by atoms with E-state index in [-0.39, 0.29) is 6.61 Å². The number of carbonyl (C=O) groups excluding carboxylic acids is 1. The number of halogens is 1. The van der Waals surface area contributed by atoms with Crippen LogP contribution in [0.3, 0.4) is 0 Å². The van der Waals surface area contributed by atoms with Crippen LogP contribution in [0.4, 0.5) is 10.5 Å². The first kappa shape index (κ1) is 14.3. The van der Waals surface area contributed by atoms with Gasteiger partial charge in [-0.15, -0.1) is 0 Å². The van der Waals surface area contributed by atoms with Gasteiger partial charge in [-0.2, -0.15) is 0 Å². The number of hydrogen-bond donors (Lipinski definition) is 1. The standard InChI is InChI=1S/C16H14BrNO2/c1-2-12-8-9-14(17)15(10-12)18-16(19)20-11-13-6-4-3-5-7-13/h2-10H,1,11H2,(H,18,19). The lowest BCUT2D eigenvalue weighted by molar-refractivity contribution is 0.155. The first-order valence-corrected chi connectivity index (χ1v) is 6.88. The number of ether oxygens (including phenoxy) is 1. The van der Waals surface area contributed by atoms with Crippen molar-refractivity contribution in [3.8, 4) is 0 Å². The van der Waals surface area contributed by atoms with Gasteiger partial charge in [0, 0.05) is 4.47 Å². The zero-order valence-electron chi connectivity index (χ0n) is 10.8. The second kappa shape index (κ2) is 6.91. The third-order valence-corrected chi connectivity index (χ3v) is 3.37. The molecule has 2 aromatic rings. The first-order chi connectivity index (χ1) is 9.69. The molecule has 0 aliphatic carbocycles. The summed E-state index contributed by atoms with van der Waals surface area (Å²) in [6.07, 6.45) is 1.23. The van der Waals surface area contributed by atoms with Crippen LogP contribution in [0, 0.1) is 0 Å². The van der Waals surface area contributed by atoms with Crippen molar-refractivity contribution in [1.29, 1.82) is 0 Å². The van der Waals surface area contributed by atoms with E-state index in [1.165, 1.54) is 0 Å². The van der Waals surface area contributed by atoms with Crippen molar-refractivity contribution in [2.75, 3.05) is 5.32 Å². The quantitative estimate of drug-likeness (QED) is 0.870. The summed E-state index contributed by atoms with van der Waals surface area (Å²) in [5.74, 6) is 0. The summed E-state index contributed by atoms with van der Waals surface area (Å²) in [5, 5.41) is 2.70. The van der Waals surface area contributed by atoms with Crippen LogP contribution < -0.4 is 5.32 Å². The Kier molecular flexibility index (Phi) is 4.96. The molecule has 0 atom stereocenters. The lowest BCUT2D eigenvalue weighted by Crippen LogP contribution is -2.13. The van der Waals surface area contributed by atoms with Crippen molar-refractivity contribution >= 4 is 33.8 Å². The molecule has 0 saturated heterocycles. The first-order valence-electron chi connectivity index (χ1n) is 6.09. The smallest absolute Gasteiger partial charge is 0.411 e. The lowest BCUT2D eigenvalue weighted by atomic mass is 10.2. The van der Waals surface area contributed by atoms with E-state index in [1.807, 2.05) is 48.5 Å². The van der Waals surface area contributed by atoms with Crippen LogP contribution in [0.15, 0.2) is 59.6 Å². The second-order valence-electron chi connectivity index (χ2n) is 4.13. The normalized spacial score (nSPS) is 9.85. The lowest BCUT2D eigenvalue weighted by Gasteiger charge is -2.09. The van der Waals surface area contributed by atoms with Gasteiger partial charge in [-0.3, -0.25) is 5.32 Å². The minimum Gasteiger partial charge on any atom is -0.444 e. The van der Waals surface area contributed by atoms with Crippen LogP contribution in [0.1, 0.15) is 11.1 Å². The number of anilines is 1. The van der Waals surface area contributed by atoms with E-state index >= 15 is 0 Å². The zero-order chi connectivity index (χ0) is 14.4. The van der Waals surface area contributed by atoms with Crippen molar-refractivity contribution in [1.82, 2.24) is 0 Å². The summed E-state index contributed by atoms with van der Waals surface area (Å²) in [5.41, 5.74) is 2.52. The highest BCUT2D eigenvalue weighted by molar-refractivity contribution is 9.10. The number of rotatable bonds is 4. The Balaban J connectivity index is 1.96. The molecule has 1 amide bonds. The Morgan fingerprint density at radius 2 is 2.00 bits per heavy atom. The molecule has 0 aliphatic heterocycles. The Morgan fingerprint density at radius 3 is 2.70 bits per heavy atom. The summed E-state index contributed by atoms with van der Waals surface area (Å²) in [6.45, 7) is 3.94. The molecule has 2 rings (SSSR count). The molecule has 0 spiro atoms. The molecule has 0 aromatic heterocycles. The number of carbonyl (C=O) groups is 1. The molecule has 0 heterocycles. The number of nitrogens with one attached hydrogen (secondary N) is 1. The van der Waals surface area contributed by atoms with Gasteiger partial charge in [-0.25, -0.2) is 4.79 Å². The van der Waals surface area contributed by atoms with Crippen molar-refractivity contribution in [3.05, 3.63) is 70.7 Å². The second-order valence-corrected chi connectivity index (χ2v) is 4.98. The molecule has 3 nitrogen and oxygen atoms in total. The Hall–Kier alpha value is -2.07. The molecule has 4 heteroatoms. The Labute approximate surface area is 126 Å². The summed E-state index contributed by atoms with van der Waals surface area (Å²) in [7, 11) is 0. The highest BCUT2D eigenvalue weighted by atomic mass is 79.9. The molecule has 0 saturated carbocycles. The molecule has 1 N–H and O–H groups in total. The molecule has 0 radical (unpaired) electrons. The monoisotopic (exact) mass is 331 g/mol. The van der Waals surface area contributed by atoms with Gasteiger partial charge in [-0.1, -0.05) is 49.1 Å². The highest BCUT2D eigenvalue weighted by Gasteiger charge is 2.07. The summed E-state index contributed by atoms with van der Waals surface area (Å²) in [4.78, 5) is 11.8. The van der Waals surface area contributed by atoms with Gasteiger partial charge in [0.2, 0.25) is 0 Å². The molecular weight excluding hydrogens is 318 g/mol. The Morgan fingerprint density at radius 1 is 1.25 bits per heavy atom. The number of hydrogen-bond acceptors (Lipinski definition) is 2. The molecule has 0 bridgehead atoms. The van der Waals surface area contributed by atoms with E-state index in [4.69, 9.17) is 4.74 Å². The molecular formula is C16H14BrNO2. The fraction of sp³-hybridized carbons (Fsp3) is 0.0625. The predicted octanol–water partition coefficient (Wildman–Crippen LogP) is 4.84. The van der Waals surface area contributed by atoms with Gasteiger partial charge >= 0.3 is 6.09 Å². The van der Waals surface area contributed by atoms with Crippen molar-refractivity contribution < 1.29 is 9.53 Å². The minimum atomic E-state index is -0.490. The van der Waals surface area contributed by atoms with Gasteiger partial charge in [0.25, 0.3) is 0 Å². The SMILES string of the molecule is C=Cc1ccc(Br)c(NC(=O)OCc2ccccc2)c1. The van der Waals surface area contributed by atoms with Gasteiger partial charge in [0.1, 0.15) is 6.61 Å². The van der Waals surface area contributed by atoms with Gasteiger partial charge in [0.15, 0.2) is 0 Å². The van der Waals surface area contributed by atoms with Crippen LogP contribution in [0.2, 0.25) is 0 Å². The van der Waals surface area contributed by atoms with Crippen LogP contribution in [0.25, 0.3) is 6.08 Å². The maximum absolute atomic E-state index is 11.8. The summed E-state index contributed by atoms with van der Waals surface area (Å²) >= 11 is 3.38. The van der Waals surface area contributed by atoms with E-state index in [0.29, 0.717) is 5.69 Å². The topological polar surface area (TPSA) is 38.3 Å². The van der Waals surface area contributed by atoms with Crippen molar-refractivity contribution in [2.45, 2.75) is 6.61 Å². The number of amides is 1. The van der Waals surface area contributed by atoms with Gasteiger partial charge in [-0.05, 0) is 39.2 Å². The largest absolute Gasteiger partial charge is 0.444 e. The van der Waals surface area contributed by atoms with Crippen molar-refractivity contribution in [3.63, 3.8) is 0 Å². The van der Waals surface area contributed by atoms with Gasteiger partial charge in [0.05, 0.1) is 5.69 Å². The Bertz CT molecular complexity index is 611. The predicted molar refractivity (Wildman–Crippen MR) is 84.5 cm³/mol. The van der Waals surface area contributed by atoms with E-state index in [0.717, 1.165) is 15.6 Å². The molecule has 0 aliphatic rings. The van der Waals surface area contributed by atoms with E-state index in [1.54, 1.807) is 6.08 Å². The molecule has 102 valence electrons. The highest BCUT2D eigenvalue weighted by Crippen LogP contribution is 2.24. The third-order valence-electron chi connectivity index (χ3n) is 2.68. The fourth-order valence-corrected chi connectivity index (χ4v) is 1.98. The van der Waals surface area contributed by atoms with E-state index in [2.05, 4.69) is 27.8 Å². The molecule has 2 aromatic carbocycles. The average molecular weight is 332 g/mol. The maximum atomic E-state index is 11.8. The van der Waals surface area contributed by atoms with E-state index < -0.39 is 6.09 Å². The van der Waals surface area contributed by atoms with Crippen molar-refractivity contribution in [2.24, 2.45) is 0 Å². The summed E-state index contributed by atoms with van der Waals surface area (Å²) in [6, 6.07) is 15.1. The summed E-state index contributed by atoms with van der Waals surface area (Å²) < 4.78 is 5.96. The third kappa shape index (κ3) is 3.96.